The van der Waals surface area contributed by atoms with E-state index in [1.807, 2.05) is 49.3 Å². The molecule has 2 rings (SSSR count). The molecule has 0 saturated heterocycles. The number of nitrogens with two attached hydrogens (primary N) is 1. The molecule has 2 aromatic rings. The minimum absolute atomic E-state index is 0.590. The highest BCUT2D eigenvalue weighted by Gasteiger charge is 2.03. The third-order valence-corrected chi connectivity index (χ3v) is 2.21. The Kier molecular flexibility index (Phi) is 2.00. The molecule has 1 aromatic heterocycles. The molecular weight excluding hydrogens is 174 g/mol. The molecular formula is C11H13N3. The number of rotatable bonds is 1. The van der Waals surface area contributed by atoms with Crippen molar-refractivity contribution in [1.82, 2.24) is 4.98 Å². The van der Waals surface area contributed by atoms with Gasteiger partial charge in [0.15, 0.2) is 0 Å². The van der Waals surface area contributed by atoms with Crippen LogP contribution in [-0.4, -0.2) is 19.1 Å². The van der Waals surface area contributed by atoms with Crippen LogP contribution in [0.2, 0.25) is 0 Å². The van der Waals surface area contributed by atoms with Crippen LogP contribution in [0.5, 0.6) is 0 Å². The number of hydrogen-bond acceptors (Lipinski definition) is 3. The third-order valence-electron chi connectivity index (χ3n) is 2.21. The predicted octanol–water partition coefficient (Wildman–Crippen LogP) is 1.88. The predicted molar refractivity (Wildman–Crippen MR) is 60.5 cm³/mol. The highest BCUT2D eigenvalue weighted by Crippen LogP contribution is 2.23. The van der Waals surface area contributed by atoms with E-state index >= 15 is 0 Å². The fraction of sp³-hybridized carbons (Fsp3) is 0.182. The molecule has 0 aliphatic heterocycles. The van der Waals surface area contributed by atoms with Crippen LogP contribution < -0.4 is 10.6 Å². The molecule has 0 aliphatic carbocycles. The maximum atomic E-state index is 5.86. The first-order chi connectivity index (χ1) is 6.68. The van der Waals surface area contributed by atoms with Gasteiger partial charge in [0.25, 0.3) is 0 Å². The summed E-state index contributed by atoms with van der Waals surface area (Å²) in [5.74, 6) is 1.48. The van der Waals surface area contributed by atoms with Gasteiger partial charge in [-0.3, -0.25) is 0 Å². The van der Waals surface area contributed by atoms with Gasteiger partial charge < -0.3 is 10.6 Å². The van der Waals surface area contributed by atoms with Crippen LogP contribution in [0.15, 0.2) is 30.3 Å². The summed E-state index contributed by atoms with van der Waals surface area (Å²) in [6, 6.07) is 10.0. The number of benzene rings is 1. The summed E-state index contributed by atoms with van der Waals surface area (Å²) in [6.45, 7) is 0. The van der Waals surface area contributed by atoms with Gasteiger partial charge in [-0.25, -0.2) is 4.98 Å². The lowest BCUT2D eigenvalue weighted by molar-refractivity contribution is 1.08. The molecule has 3 nitrogen and oxygen atoms in total. The minimum atomic E-state index is 0.590. The van der Waals surface area contributed by atoms with Gasteiger partial charge in [0.2, 0.25) is 0 Å². The average molecular weight is 187 g/mol. The van der Waals surface area contributed by atoms with Crippen LogP contribution in [-0.2, 0) is 0 Å². The molecule has 1 aromatic carbocycles. The van der Waals surface area contributed by atoms with Crippen molar-refractivity contribution >= 4 is 22.4 Å². The van der Waals surface area contributed by atoms with Gasteiger partial charge in [0.1, 0.15) is 11.6 Å². The lowest BCUT2D eigenvalue weighted by Crippen LogP contribution is -2.11. The van der Waals surface area contributed by atoms with Gasteiger partial charge in [0.05, 0.1) is 0 Å². The fourth-order valence-electron chi connectivity index (χ4n) is 1.44. The van der Waals surface area contributed by atoms with Crippen molar-refractivity contribution < 1.29 is 0 Å². The highest BCUT2D eigenvalue weighted by atomic mass is 15.1. The molecule has 0 bridgehead atoms. The van der Waals surface area contributed by atoms with E-state index in [-0.39, 0.29) is 0 Å². The van der Waals surface area contributed by atoms with E-state index in [2.05, 4.69) is 4.98 Å². The van der Waals surface area contributed by atoms with Crippen molar-refractivity contribution in [3.63, 3.8) is 0 Å². The third kappa shape index (κ3) is 1.37. The quantitative estimate of drug-likeness (QED) is 0.741. The van der Waals surface area contributed by atoms with Gasteiger partial charge in [-0.2, -0.15) is 0 Å². The van der Waals surface area contributed by atoms with Crippen molar-refractivity contribution in [2.45, 2.75) is 0 Å². The molecule has 14 heavy (non-hydrogen) atoms. The van der Waals surface area contributed by atoms with Crippen molar-refractivity contribution in [3.05, 3.63) is 30.3 Å². The maximum Gasteiger partial charge on any atom is 0.133 e. The Morgan fingerprint density at radius 2 is 1.93 bits per heavy atom. The lowest BCUT2D eigenvalue weighted by atomic mass is 10.1. The molecule has 0 fully saturated rings. The van der Waals surface area contributed by atoms with Gasteiger partial charge in [-0.1, -0.05) is 24.3 Å². The Morgan fingerprint density at radius 3 is 2.64 bits per heavy atom. The Bertz CT molecular complexity index is 463. The molecule has 0 saturated carbocycles. The first kappa shape index (κ1) is 8.81. The summed E-state index contributed by atoms with van der Waals surface area (Å²) < 4.78 is 0. The molecule has 0 atom stereocenters. The number of anilines is 2. The van der Waals surface area contributed by atoms with E-state index in [0.29, 0.717) is 5.82 Å². The molecule has 72 valence electrons. The van der Waals surface area contributed by atoms with Crippen molar-refractivity contribution in [1.29, 1.82) is 0 Å². The summed E-state index contributed by atoms with van der Waals surface area (Å²) in [5, 5.41) is 2.14. The van der Waals surface area contributed by atoms with Crippen molar-refractivity contribution in [3.8, 4) is 0 Å². The summed E-state index contributed by atoms with van der Waals surface area (Å²) in [7, 11) is 3.91. The van der Waals surface area contributed by atoms with Crippen LogP contribution in [0, 0.1) is 0 Å². The topological polar surface area (TPSA) is 42.1 Å². The lowest BCUT2D eigenvalue weighted by Gasteiger charge is -2.13. The summed E-state index contributed by atoms with van der Waals surface area (Å²) >= 11 is 0. The summed E-state index contributed by atoms with van der Waals surface area (Å²) in [6.07, 6.45) is 0. The second-order valence-corrected chi connectivity index (χ2v) is 3.48. The normalized spacial score (nSPS) is 10.4. The molecule has 0 amide bonds. The second kappa shape index (κ2) is 3.18. The fourth-order valence-corrected chi connectivity index (χ4v) is 1.44. The van der Waals surface area contributed by atoms with Crippen molar-refractivity contribution in [2.24, 2.45) is 0 Å². The smallest absolute Gasteiger partial charge is 0.133 e. The number of fused-ring (bicyclic) bond motifs is 1. The van der Waals surface area contributed by atoms with Crippen LogP contribution in [0.4, 0.5) is 11.6 Å². The number of aromatic nitrogens is 1. The Hall–Kier alpha value is -1.77. The highest BCUT2D eigenvalue weighted by molar-refractivity contribution is 5.92. The number of nitrogen functional groups attached to an aromatic ring is 1. The van der Waals surface area contributed by atoms with E-state index in [9.17, 15) is 0 Å². The molecule has 2 N–H and O–H groups in total. The van der Waals surface area contributed by atoms with E-state index in [0.717, 1.165) is 16.6 Å². The largest absolute Gasteiger partial charge is 0.383 e. The van der Waals surface area contributed by atoms with Crippen LogP contribution in [0.25, 0.3) is 10.8 Å². The van der Waals surface area contributed by atoms with Crippen LogP contribution in [0.1, 0.15) is 0 Å². The van der Waals surface area contributed by atoms with Crippen LogP contribution >= 0.6 is 0 Å². The molecule has 0 aliphatic rings. The summed E-state index contributed by atoms with van der Waals surface area (Å²) in [4.78, 5) is 6.25. The maximum absolute atomic E-state index is 5.86. The Morgan fingerprint density at radius 1 is 1.21 bits per heavy atom. The standard InChI is InChI=1S/C11H13N3/c1-14(2)10-7-8-5-3-4-6-9(8)11(12)13-10/h3-7H,1-2H3,(H2,12,13). The molecule has 0 radical (unpaired) electrons. The Labute approximate surface area is 83.2 Å². The number of hydrogen-bond donors (Lipinski definition) is 1. The monoisotopic (exact) mass is 187 g/mol. The SMILES string of the molecule is CN(C)c1cc2ccccc2c(N)n1. The molecule has 1 heterocycles. The number of nitrogens with zero attached hydrogens (tertiary/aromatic N) is 2. The molecule has 3 heteroatoms. The zero-order valence-electron chi connectivity index (χ0n) is 8.36. The zero-order chi connectivity index (χ0) is 10.1. The van der Waals surface area contributed by atoms with Crippen LogP contribution in [0.3, 0.4) is 0 Å². The second-order valence-electron chi connectivity index (χ2n) is 3.48. The minimum Gasteiger partial charge on any atom is -0.383 e. The zero-order valence-corrected chi connectivity index (χ0v) is 8.36. The van der Waals surface area contributed by atoms with Crippen molar-refractivity contribution in [2.75, 3.05) is 24.7 Å². The van der Waals surface area contributed by atoms with E-state index in [4.69, 9.17) is 5.73 Å². The first-order valence-electron chi connectivity index (χ1n) is 4.51. The van der Waals surface area contributed by atoms with E-state index < -0.39 is 0 Å². The molecule has 0 spiro atoms. The average Bonchev–Trinajstić information content (AvgIpc) is 2.17. The van der Waals surface area contributed by atoms with E-state index in [1.54, 1.807) is 0 Å². The van der Waals surface area contributed by atoms with E-state index in [1.165, 1.54) is 0 Å². The first-order valence-corrected chi connectivity index (χ1v) is 4.51. The van der Waals surface area contributed by atoms with Gasteiger partial charge in [0, 0.05) is 19.5 Å². The molecule has 0 unspecified atom stereocenters. The van der Waals surface area contributed by atoms with Gasteiger partial charge >= 0.3 is 0 Å². The Balaban J connectivity index is 2.72. The van der Waals surface area contributed by atoms with Gasteiger partial charge in [-0.05, 0) is 11.5 Å². The number of pyridine rings is 1. The summed E-state index contributed by atoms with van der Waals surface area (Å²) in [5.41, 5.74) is 5.86. The van der Waals surface area contributed by atoms with Gasteiger partial charge in [-0.15, -0.1) is 0 Å².